The van der Waals surface area contributed by atoms with Gasteiger partial charge in [-0.1, -0.05) is 103 Å². The van der Waals surface area contributed by atoms with Gasteiger partial charge in [0.05, 0.1) is 12.6 Å². The Hall–Kier alpha value is -4.85. The molecule has 0 radical (unpaired) electrons. The van der Waals surface area contributed by atoms with Crippen LogP contribution in [-0.4, -0.2) is 73.2 Å². The lowest BCUT2D eigenvalue weighted by molar-refractivity contribution is -0.119. The number of nitrogens with one attached hydrogen (secondary N) is 2. The van der Waals surface area contributed by atoms with Gasteiger partial charge in [0.1, 0.15) is 0 Å². The number of carbonyl (C=O) groups excluding carboxylic acids is 3. The second-order valence-corrected chi connectivity index (χ2v) is 11.5. The fraction of sp³-hybridized carbons (Fsp3) is 0.237. The number of piperazine rings is 1. The van der Waals surface area contributed by atoms with Crippen molar-refractivity contribution >= 4 is 29.7 Å². The summed E-state index contributed by atoms with van der Waals surface area (Å²) in [4.78, 5) is 44.4. The molecule has 0 spiro atoms. The minimum absolute atomic E-state index is 0.197. The predicted octanol–water partition coefficient (Wildman–Crippen LogP) is 4.94. The topological polar surface area (TPSA) is 81.8 Å². The first-order valence-electron chi connectivity index (χ1n) is 15.4. The van der Waals surface area contributed by atoms with E-state index in [2.05, 4.69) is 51.7 Å². The largest absolute Gasteiger partial charge is 0.345 e. The molecule has 7 heteroatoms. The molecule has 45 heavy (non-hydrogen) atoms. The summed E-state index contributed by atoms with van der Waals surface area (Å²) < 4.78 is 0. The maximum Gasteiger partial charge on any atom is 0.252 e. The smallest absolute Gasteiger partial charge is 0.252 e. The summed E-state index contributed by atoms with van der Waals surface area (Å²) in [6, 6.07) is 33.3. The quantitative estimate of drug-likeness (QED) is 0.225. The van der Waals surface area contributed by atoms with E-state index in [1.54, 1.807) is 30.3 Å². The van der Waals surface area contributed by atoms with Crippen LogP contribution in [0.25, 0.3) is 12.2 Å². The predicted molar refractivity (Wildman–Crippen MR) is 180 cm³/mol. The summed E-state index contributed by atoms with van der Waals surface area (Å²) in [6.45, 7) is 5.10. The van der Waals surface area contributed by atoms with Crippen LogP contribution in [0.3, 0.4) is 0 Å². The van der Waals surface area contributed by atoms with Gasteiger partial charge in [-0.05, 0) is 53.9 Å². The van der Waals surface area contributed by atoms with Crippen LogP contribution in [0.1, 0.15) is 43.0 Å². The third-order valence-electron chi connectivity index (χ3n) is 8.08. The van der Waals surface area contributed by atoms with E-state index in [1.807, 2.05) is 66.7 Å². The van der Waals surface area contributed by atoms with Crippen LogP contribution < -0.4 is 10.6 Å². The van der Waals surface area contributed by atoms with Gasteiger partial charge in [0, 0.05) is 43.9 Å². The first-order chi connectivity index (χ1) is 21.9. The van der Waals surface area contributed by atoms with Crippen LogP contribution in [0.5, 0.6) is 0 Å². The molecule has 0 saturated carbocycles. The first kappa shape index (κ1) is 31.6. The summed E-state index contributed by atoms with van der Waals surface area (Å²) in [7, 11) is 2.16. The van der Waals surface area contributed by atoms with Gasteiger partial charge in [-0.2, -0.15) is 0 Å². The van der Waals surface area contributed by atoms with E-state index in [0.29, 0.717) is 17.5 Å². The molecule has 1 aliphatic heterocycles. The normalized spacial score (nSPS) is 14.6. The Kier molecular flexibility index (Phi) is 11.0. The molecule has 1 heterocycles. The third kappa shape index (κ3) is 9.32. The monoisotopic (exact) mass is 600 g/mol. The second-order valence-electron chi connectivity index (χ2n) is 11.5. The SMILES string of the molecule is CN1CCN(Cc2ccc(C=Cc3ccccc3C(=O)N[C@@H](Cc3ccccc3)C(=O)CNC(=O)c3ccccc3)cc2)CC1. The maximum absolute atomic E-state index is 13.6. The lowest BCUT2D eigenvalue weighted by atomic mass is 10.00. The fourth-order valence-electron chi connectivity index (χ4n) is 5.35. The first-order valence-corrected chi connectivity index (χ1v) is 15.4. The van der Waals surface area contributed by atoms with E-state index in [9.17, 15) is 14.4 Å². The van der Waals surface area contributed by atoms with Crippen molar-refractivity contribution in [1.29, 1.82) is 0 Å². The number of Topliss-reactive ketones (excluding diaryl/α,β-unsaturated/α-hetero) is 1. The van der Waals surface area contributed by atoms with Crippen LogP contribution in [0.2, 0.25) is 0 Å². The van der Waals surface area contributed by atoms with Gasteiger partial charge in [-0.3, -0.25) is 19.3 Å². The molecule has 230 valence electrons. The van der Waals surface area contributed by atoms with Gasteiger partial charge in [-0.15, -0.1) is 0 Å². The molecule has 1 fully saturated rings. The van der Waals surface area contributed by atoms with E-state index >= 15 is 0 Å². The second kappa shape index (κ2) is 15.7. The molecule has 4 aromatic rings. The Balaban J connectivity index is 1.25. The molecule has 1 aliphatic rings. The third-order valence-corrected chi connectivity index (χ3v) is 8.08. The molecule has 2 N–H and O–H groups in total. The highest BCUT2D eigenvalue weighted by atomic mass is 16.2. The van der Waals surface area contributed by atoms with Crippen molar-refractivity contribution in [1.82, 2.24) is 20.4 Å². The van der Waals surface area contributed by atoms with Crippen molar-refractivity contribution < 1.29 is 14.4 Å². The minimum atomic E-state index is -0.819. The Labute approximate surface area is 265 Å². The van der Waals surface area contributed by atoms with Crippen LogP contribution >= 0.6 is 0 Å². The number of rotatable bonds is 12. The summed E-state index contributed by atoms with van der Waals surface area (Å²) in [5.74, 6) is -0.959. The molecule has 4 aromatic carbocycles. The molecule has 0 aliphatic carbocycles. The molecule has 5 rings (SSSR count). The van der Waals surface area contributed by atoms with Crippen molar-refractivity contribution in [2.24, 2.45) is 0 Å². The number of amides is 2. The molecule has 1 atom stereocenters. The molecule has 7 nitrogen and oxygen atoms in total. The van der Waals surface area contributed by atoms with Gasteiger partial charge in [0.2, 0.25) is 0 Å². The number of likely N-dealkylation sites (N-methyl/N-ethyl adjacent to an activating group) is 1. The van der Waals surface area contributed by atoms with E-state index in [1.165, 1.54) is 5.56 Å². The maximum atomic E-state index is 13.6. The zero-order chi connectivity index (χ0) is 31.4. The molecule has 0 unspecified atom stereocenters. The number of benzene rings is 4. The molecular weight excluding hydrogens is 560 g/mol. The van der Waals surface area contributed by atoms with E-state index < -0.39 is 6.04 Å². The highest BCUT2D eigenvalue weighted by molar-refractivity contribution is 6.02. The van der Waals surface area contributed by atoms with E-state index in [0.717, 1.165) is 49.4 Å². The van der Waals surface area contributed by atoms with Crippen LogP contribution in [0.15, 0.2) is 109 Å². The summed E-state index contributed by atoms with van der Waals surface area (Å²) in [6.07, 6.45) is 4.24. The Morgan fingerprint density at radius 1 is 0.711 bits per heavy atom. The number of hydrogen-bond donors (Lipinski definition) is 2. The lowest BCUT2D eigenvalue weighted by Gasteiger charge is -2.32. The Morgan fingerprint density at radius 3 is 2.07 bits per heavy atom. The molecular formula is C38H40N4O3. The van der Waals surface area contributed by atoms with Gasteiger partial charge in [-0.25, -0.2) is 0 Å². The van der Waals surface area contributed by atoms with Crippen LogP contribution in [-0.2, 0) is 17.8 Å². The van der Waals surface area contributed by atoms with Gasteiger partial charge in [0.25, 0.3) is 11.8 Å². The van der Waals surface area contributed by atoms with Gasteiger partial charge < -0.3 is 15.5 Å². The average Bonchev–Trinajstić information content (AvgIpc) is 3.08. The van der Waals surface area contributed by atoms with Crippen molar-refractivity contribution in [2.45, 2.75) is 19.0 Å². The highest BCUT2D eigenvalue weighted by Gasteiger charge is 2.23. The van der Waals surface area contributed by atoms with Crippen LogP contribution in [0, 0.1) is 0 Å². The molecule has 2 amide bonds. The summed E-state index contributed by atoms with van der Waals surface area (Å²) in [5, 5.41) is 5.65. The molecule has 0 bridgehead atoms. The summed E-state index contributed by atoms with van der Waals surface area (Å²) >= 11 is 0. The van der Waals surface area contributed by atoms with Gasteiger partial charge in [0.15, 0.2) is 5.78 Å². The zero-order valence-electron chi connectivity index (χ0n) is 25.7. The van der Waals surface area contributed by atoms with Crippen molar-refractivity contribution in [3.05, 3.63) is 143 Å². The van der Waals surface area contributed by atoms with E-state index in [-0.39, 0.29) is 24.1 Å². The number of ketones is 1. The number of hydrogen-bond acceptors (Lipinski definition) is 5. The Bertz CT molecular complexity index is 1600. The van der Waals surface area contributed by atoms with Gasteiger partial charge >= 0.3 is 0 Å². The number of nitrogens with zero attached hydrogens (tertiary/aromatic N) is 2. The average molecular weight is 601 g/mol. The van der Waals surface area contributed by atoms with Crippen molar-refractivity contribution in [3.8, 4) is 0 Å². The highest BCUT2D eigenvalue weighted by Crippen LogP contribution is 2.16. The lowest BCUT2D eigenvalue weighted by Crippen LogP contribution is -2.46. The minimum Gasteiger partial charge on any atom is -0.345 e. The summed E-state index contributed by atoms with van der Waals surface area (Å²) in [5.41, 5.74) is 4.93. The number of carbonyl (C=O) groups is 3. The van der Waals surface area contributed by atoms with Crippen molar-refractivity contribution in [2.75, 3.05) is 39.8 Å². The fourth-order valence-corrected chi connectivity index (χ4v) is 5.35. The molecule has 1 saturated heterocycles. The van der Waals surface area contributed by atoms with Crippen molar-refractivity contribution in [3.63, 3.8) is 0 Å². The Morgan fingerprint density at radius 2 is 1.36 bits per heavy atom. The zero-order valence-corrected chi connectivity index (χ0v) is 25.7. The standard InChI is InChI=1S/C38H40N4O3/c1-41-22-24-42(25-23-41)28-31-18-16-29(17-19-31)20-21-32-12-8-9-15-34(32)38(45)40-35(26-30-10-4-2-5-11-30)36(43)27-39-37(44)33-13-6-3-7-14-33/h2-21,35H,22-28H2,1H3,(H,39,44)(H,40,45)/t35-/m0/s1. The molecule has 0 aromatic heterocycles. The van der Waals surface area contributed by atoms with Crippen LogP contribution in [0.4, 0.5) is 0 Å². The van der Waals surface area contributed by atoms with E-state index in [4.69, 9.17) is 0 Å².